The molecule has 1 aliphatic carbocycles. The Morgan fingerprint density at radius 3 is 2.88 bits per heavy atom. The van der Waals surface area contributed by atoms with Gasteiger partial charge < -0.3 is 0 Å². The lowest BCUT2D eigenvalue weighted by Crippen LogP contribution is -2.30. The summed E-state index contributed by atoms with van der Waals surface area (Å²) in [5.41, 5.74) is -0.0170. The molecule has 0 N–H and O–H groups in total. The first kappa shape index (κ1) is 11.6. The van der Waals surface area contributed by atoms with E-state index in [1.807, 2.05) is 11.5 Å². The maximum Gasteiger partial charge on any atom is 0.255 e. The fourth-order valence-electron chi connectivity index (χ4n) is 2.65. The number of hydrogen-bond donors (Lipinski definition) is 0. The van der Waals surface area contributed by atoms with Crippen LogP contribution in [0.5, 0.6) is 0 Å². The molecule has 2 unspecified atom stereocenters. The van der Waals surface area contributed by atoms with Crippen LogP contribution in [0.4, 0.5) is 0 Å². The van der Waals surface area contributed by atoms with E-state index in [-0.39, 0.29) is 5.56 Å². The molecule has 0 radical (unpaired) electrons. The number of hydrogen-bond acceptors (Lipinski definition) is 2. The Hall–Kier alpha value is -0.830. The van der Waals surface area contributed by atoms with Crippen molar-refractivity contribution in [1.29, 1.82) is 0 Å². The quantitative estimate of drug-likeness (QED) is 0.708. The van der Waals surface area contributed by atoms with Gasteiger partial charge in [-0.25, -0.2) is 4.98 Å². The third-order valence-electron chi connectivity index (χ3n) is 3.37. The molecule has 0 aromatic carbocycles. The maximum atomic E-state index is 11.9. The van der Waals surface area contributed by atoms with E-state index in [1.54, 1.807) is 0 Å². The van der Waals surface area contributed by atoms with Gasteiger partial charge in [-0.1, -0.05) is 31.4 Å². The van der Waals surface area contributed by atoms with Crippen molar-refractivity contribution in [2.75, 3.05) is 0 Å². The van der Waals surface area contributed by atoms with Gasteiger partial charge in [0.05, 0.1) is 0 Å². The third-order valence-corrected chi connectivity index (χ3v) is 3.56. The van der Waals surface area contributed by atoms with E-state index < -0.39 is 0 Å². The van der Waals surface area contributed by atoms with Crippen LogP contribution in [0, 0.1) is 12.8 Å². The van der Waals surface area contributed by atoms with Crippen LogP contribution in [0.25, 0.3) is 0 Å². The summed E-state index contributed by atoms with van der Waals surface area (Å²) in [5, 5.41) is 0.294. The normalized spacial score (nSPS) is 25.7. The van der Waals surface area contributed by atoms with E-state index in [0.29, 0.717) is 17.1 Å². The second-order valence-corrected chi connectivity index (χ2v) is 5.15. The van der Waals surface area contributed by atoms with Gasteiger partial charge in [0.15, 0.2) is 0 Å². The minimum atomic E-state index is -0.0170. The molecule has 88 valence electrons. The first-order valence-corrected chi connectivity index (χ1v) is 6.21. The molecule has 0 amide bonds. The van der Waals surface area contributed by atoms with Crippen LogP contribution in [0.3, 0.4) is 0 Å². The molecule has 1 saturated carbocycles. The molecule has 1 aromatic rings. The van der Waals surface area contributed by atoms with E-state index in [9.17, 15) is 4.79 Å². The Morgan fingerprint density at radius 1 is 1.50 bits per heavy atom. The zero-order valence-electron chi connectivity index (χ0n) is 9.74. The number of aryl methyl sites for hydroxylation is 1. The lowest BCUT2D eigenvalue weighted by molar-refractivity contribution is 0.272. The van der Waals surface area contributed by atoms with Crippen molar-refractivity contribution in [3.05, 3.63) is 27.4 Å². The molecule has 2 rings (SSSR count). The predicted molar refractivity (Wildman–Crippen MR) is 64.9 cm³/mol. The van der Waals surface area contributed by atoms with Gasteiger partial charge in [-0.2, -0.15) is 0 Å². The molecular formula is C12H17ClN2O. The molecule has 0 bridgehead atoms. The van der Waals surface area contributed by atoms with Crippen molar-refractivity contribution in [1.82, 2.24) is 9.55 Å². The van der Waals surface area contributed by atoms with Crippen molar-refractivity contribution in [3.8, 4) is 0 Å². The highest BCUT2D eigenvalue weighted by Crippen LogP contribution is 2.31. The minimum Gasteiger partial charge on any atom is -0.294 e. The highest BCUT2D eigenvalue weighted by molar-refractivity contribution is 6.29. The van der Waals surface area contributed by atoms with Crippen LogP contribution < -0.4 is 5.56 Å². The fraction of sp³-hybridized carbons (Fsp3) is 0.667. The lowest BCUT2D eigenvalue weighted by atomic mass is 9.87. The zero-order chi connectivity index (χ0) is 11.7. The molecule has 16 heavy (non-hydrogen) atoms. The maximum absolute atomic E-state index is 11.9. The van der Waals surface area contributed by atoms with Crippen LogP contribution in [-0.2, 0) is 0 Å². The van der Waals surface area contributed by atoms with Gasteiger partial charge >= 0.3 is 0 Å². The van der Waals surface area contributed by atoms with Gasteiger partial charge in [0.25, 0.3) is 5.56 Å². The summed E-state index contributed by atoms with van der Waals surface area (Å²) in [7, 11) is 0. The van der Waals surface area contributed by atoms with Crippen molar-refractivity contribution in [2.45, 2.75) is 45.6 Å². The Labute approximate surface area is 100 Å². The van der Waals surface area contributed by atoms with Crippen LogP contribution in [-0.4, -0.2) is 9.55 Å². The van der Waals surface area contributed by atoms with Crippen molar-refractivity contribution in [2.24, 2.45) is 5.92 Å². The highest BCUT2D eigenvalue weighted by atomic mass is 35.5. The van der Waals surface area contributed by atoms with Gasteiger partial charge in [0, 0.05) is 12.1 Å². The summed E-state index contributed by atoms with van der Waals surface area (Å²) in [6, 6.07) is 1.72. The van der Waals surface area contributed by atoms with E-state index in [4.69, 9.17) is 11.6 Å². The third kappa shape index (κ3) is 2.29. The first-order chi connectivity index (χ1) is 7.58. The zero-order valence-corrected chi connectivity index (χ0v) is 10.5. The van der Waals surface area contributed by atoms with Gasteiger partial charge in [-0.05, 0) is 25.7 Å². The second kappa shape index (κ2) is 4.58. The van der Waals surface area contributed by atoms with Gasteiger partial charge in [-0.3, -0.25) is 9.36 Å². The summed E-state index contributed by atoms with van der Waals surface area (Å²) in [6.45, 7) is 4.10. The fourth-order valence-corrected chi connectivity index (χ4v) is 2.87. The van der Waals surface area contributed by atoms with Crippen LogP contribution in [0.2, 0.25) is 5.15 Å². The SMILES string of the molecule is Cc1nc(Cl)cc(=O)n1C1CCCC(C)C1. The summed E-state index contributed by atoms with van der Waals surface area (Å²) in [5.74, 6) is 1.43. The highest BCUT2D eigenvalue weighted by Gasteiger charge is 2.22. The Bertz CT molecular complexity index is 441. The molecule has 1 fully saturated rings. The molecular weight excluding hydrogens is 224 g/mol. The molecule has 3 nitrogen and oxygen atoms in total. The monoisotopic (exact) mass is 240 g/mol. The average Bonchev–Trinajstić information content (AvgIpc) is 2.15. The molecule has 1 aliphatic rings. The molecule has 1 heterocycles. The standard InChI is InChI=1S/C12H17ClN2O/c1-8-4-3-5-10(6-8)15-9(2)14-11(13)7-12(15)16/h7-8,10H,3-6H2,1-2H3. The number of rotatable bonds is 1. The summed E-state index contributed by atoms with van der Waals surface area (Å²) < 4.78 is 1.81. The van der Waals surface area contributed by atoms with E-state index in [1.165, 1.54) is 18.9 Å². The predicted octanol–water partition coefficient (Wildman–Crippen LogP) is 2.96. The van der Waals surface area contributed by atoms with E-state index >= 15 is 0 Å². The largest absolute Gasteiger partial charge is 0.294 e. The summed E-state index contributed by atoms with van der Waals surface area (Å²) in [6.07, 6.45) is 4.62. The molecule has 0 spiro atoms. The number of halogens is 1. The second-order valence-electron chi connectivity index (χ2n) is 4.76. The van der Waals surface area contributed by atoms with Crippen molar-refractivity contribution >= 4 is 11.6 Å². The lowest BCUT2D eigenvalue weighted by Gasteiger charge is -2.29. The van der Waals surface area contributed by atoms with Gasteiger partial charge in [-0.15, -0.1) is 0 Å². The molecule has 0 aliphatic heterocycles. The summed E-state index contributed by atoms with van der Waals surface area (Å²) in [4.78, 5) is 16.1. The molecule has 2 atom stereocenters. The van der Waals surface area contributed by atoms with Crippen molar-refractivity contribution in [3.63, 3.8) is 0 Å². The minimum absolute atomic E-state index is 0.0170. The average molecular weight is 241 g/mol. The van der Waals surface area contributed by atoms with Crippen LogP contribution >= 0.6 is 11.6 Å². The van der Waals surface area contributed by atoms with Gasteiger partial charge in [0.2, 0.25) is 0 Å². The number of nitrogens with zero attached hydrogens (tertiary/aromatic N) is 2. The topological polar surface area (TPSA) is 34.9 Å². The van der Waals surface area contributed by atoms with Gasteiger partial charge in [0.1, 0.15) is 11.0 Å². The van der Waals surface area contributed by atoms with E-state index in [0.717, 1.165) is 18.7 Å². The Balaban J connectivity index is 2.36. The molecule has 1 aromatic heterocycles. The van der Waals surface area contributed by atoms with E-state index in [2.05, 4.69) is 11.9 Å². The summed E-state index contributed by atoms with van der Waals surface area (Å²) >= 11 is 5.77. The first-order valence-electron chi connectivity index (χ1n) is 5.83. The van der Waals surface area contributed by atoms with Crippen LogP contribution in [0.1, 0.15) is 44.5 Å². The Morgan fingerprint density at radius 2 is 2.25 bits per heavy atom. The van der Waals surface area contributed by atoms with Crippen LogP contribution in [0.15, 0.2) is 10.9 Å². The smallest absolute Gasteiger partial charge is 0.255 e. The van der Waals surface area contributed by atoms with Crippen molar-refractivity contribution < 1.29 is 0 Å². The number of aromatic nitrogens is 2. The molecule has 0 saturated heterocycles. The Kier molecular flexibility index (Phi) is 3.33. The molecule has 4 heteroatoms.